The maximum absolute atomic E-state index is 13.8. The number of benzene rings is 1. The van der Waals surface area contributed by atoms with Gasteiger partial charge in [0.05, 0.1) is 12.4 Å². The number of aliphatic hydroxyl groups is 1. The number of allylic oxidation sites excluding steroid dienone is 1. The number of aryl methyl sites for hydroxylation is 1. The molecule has 3 rings (SSSR count). The summed E-state index contributed by atoms with van der Waals surface area (Å²) in [6.45, 7) is 0.452. The average Bonchev–Trinajstić information content (AvgIpc) is 3.16. The number of aromatic nitrogens is 3. The van der Waals surface area contributed by atoms with Gasteiger partial charge in [-0.15, -0.1) is 0 Å². The van der Waals surface area contributed by atoms with Crippen molar-refractivity contribution in [1.82, 2.24) is 14.5 Å². The molecule has 0 spiro atoms. The van der Waals surface area contributed by atoms with Gasteiger partial charge < -0.3 is 9.67 Å². The quantitative estimate of drug-likeness (QED) is 0.346. The van der Waals surface area contributed by atoms with E-state index in [1.807, 2.05) is 0 Å². The van der Waals surface area contributed by atoms with E-state index >= 15 is 0 Å². The fourth-order valence-corrected chi connectivity index (χ4v) is 3.13. The van der Waals surface area contributed by atoms with Crippen LogP contribution in [0.3, 0.4) is 0 Å². The van der Waals surface area contributed by atoms with Crippen LogP contribution in [-0.2, 0) is 11.3 Å². The summed E-state index contributed by atoms with van der Waals surface area (Å²) in [6, 6.07) is 7.45. The number of rotatable bonds is 8. The van der Waals surface area contributed by atoms with Crippen molar-refractivity contribution in [2.45, 2.75) is 18.9 Å². The maximum Gasteiger partial charge on any atom is 0.237 e. The maximum atomic E-state index is 13.8. The molecule has 1 atom stereocenters. The van der Waals surface area contributed by atoms with Crippen molar-refractivity contribution < 1.29 is 18.7 Å². The van der Waals surface area contributed by atoms with E-state index in [1.54, 1.807) is 35.3 Å². The molecule has 6 nitrogen and oxygen atoms in total. The molecule has 0 fully saturated rings. The van der Waals surface area contributed by atoms with Crippen LogP contribution in [0.25, 0.3) is 6.08 Å². The second kappa shape index (κ2) is 9.69. The molecular weight excluding hydrogens is 390 g/mol. The van der Waals surface area contributed by atoms with E-state index in [0.29, 0.717) is 24.4 Å². The molecule has 1 N–H and O–H groups in total. The minimum atomic E-state index is -0.623. The summed E-state index contributed by atoms with van der Waals surface area (Å²) in [5.74, 6) is -1.75. The molecule has 154 valence electrons. The number of carbonyl (C=O) groups is 1. The van der Waals surface area contributed by atoms with Crippen LogP contribution in [0.1, 0.15) is 29.3 Å². The van der Waals surface area contributed by atoms with Gasteiger partial charge in [-0.1, -0.05) is 12.1 Å². The molecule has 0 amide bonds. The van der Waals surface area contributed by atoms with Crippen molar-refractivity contribution >= 4 is 18.1 Å². The number of hydrogen-bond donors (Lipinski definition) is 1. The zero-order valence-electron chi connectivity index (χ0n) is 16.2. The van der Waals surface area contributed by atoms with Crippen LogP contribution in [-0.4, -0.2) is 38.7 Å². The van der Waals surface area contributed by atoms with Crippen LogP contribution in [0.15, 0.2) is 65.9 Å². The third-order valence-electron chi connectivity index (χ3n) is 4.57. The van der Waals surface area contributed by atoms with E-state index in [-0.39, 0.29) is 11.7 Å². The first-order valence-electron chi connectivity index (χ1n) is 9.22. The smallest absolute Gasteiger partial charge is 0.237 e. The Morgan fingerprint density at radius 1 is 1.20 bits per heavy atom. The van der Waals surface area contributed by atoms with E-state index in [4.69, 9.17) is 0 Å². The molecule has 0 aliphatic carbocycles. The van der Waals surface area contributed by atoms with Crippen LogP contribution >= 0.6 is 0 Å². The monoisotopic (exact) mass is 410 g/mol. The fraction of sp³-hybridized carbons (Fsp3) is 0.182. The number of aliphatic imine (C=N–C) groups is 1. The molecular formula is C22H20F2N4O2. The standard InChI is InChI=1S/C22H20F2N4O2/c1-25-14-21(30)20(29)11-22-27-7-9-28(22)8-6-19(15-2-4-17(23)5-3-15)16-10-18(24)13-26-12-16/h2-5,7,9-14,19,29H,6,8H2,1H3/b20-11-,25-14-/t19-/m1/s1. The van der Waals surface area contributed by atoms with Gasteiger partial charge in [0.25, 0.3) is 0 Å². The number of aliphatic hydroxyl groups excluding tert-OH is 1. The van der Waals surface area contributed by atoms with Crippen molar-refractivity contribution in [2.75, 3.05) is 7.05 Å². The van der Waals surface area contributed by atoms with Crippen molar-refractivity contribution in [3.05, 3.63) is 89.5 Å². The number of ketones is 1. The normalized spacial score (nSPS) is 13.0. The van der Waals surface area contributed by atoms with Gasteiger partial charge >= 0.3 is 0 Å². The minimum Gasteiger partial charge on any atom is -0.504 e. The first-order valence-corrected chi connectivity index (χ1v) is 9.22. The number of carbonyl (C=O) groups excluding carboxylic acids is 1. The van der Waals surface area contributed by atoms with Crippen molar-refractivity contribution in [3.63, 3.8) is 0 Å². The lowest BCUT2D eigenvalue weighted by molar-refractivity contribution is -0.111. The number of Topliss-reactive ketones (excluding diaryl/α,β-unsaturated/α-hetero) is 1. The molecule has 0 bridgehead atoms. The van der Waals surface area contributed by atoms with E-state index < -0.39 is 17.4 Å². The second-order valence-corrected chi connectivity index (χ2v) is 6.59. The summed E-state index contributed by atoms with van der Waals surface area (Å²) < 4.78 is 28.9. The molecule has 0 saturated heterocycles. The Morgan fingerprint density at radius 2 is 1.97 bits per heavy atom. The lowest BCUT2D eigenvalue weighted by Gasteiger charge is -2.18. The predicted octanol–water partition coefficient (Wildman–Crippen LogP) is 3.95. The Hall–Kier alpha value is -3.68. The molecule has 0 aliphatic heterocycles. The molecule has 2 heterocycles. The van der Waals surface area contributed by atoms with Crippen LogP contribution in [0.4, 0.5) is 8.78 Å². The zero-order valence-corrected chi connectivity index (χ0v) is 16.2. The number of nitrogens with zero attached hydrogens (tertiary/aromatic N) is 4. The van der Waals surface area contributed by atoms with Gasteiger partial charge in [-0.3, -0.25) is 14.8 Å². The number of hydrogen-bond acceptors (Lipinski definition) is 5. The highest BCUT2D eigenvalue weighted by Crippen LogP contribution is 2.29. The zero-order chi connectivity index (χ0) is 21.5. The summed E-state index contributed by atoms with van der Waals surface area (Å²) in [4.78, 5) is 23.4. The van der Waals surface area contributed by atoms with E-state index in [1.165, 1.54) is 31.3 Å². The van der Waals surface area contributed by atoms with Gasteiger partial charge in [0.15, 0.2) is 5.76 Å². The summed E-state index contributed by atoms with van der Waals surface area (Å²) in [7, 11) is 1.43. The van der Waals surface area contributed by atoms with Crippen molar-refractivity contribution in [2.24, 2.45) is 4.99 Å². The Bertz CT molecular complexity index is 1070. The summed E-state index contributed by atoms with van der Waals surface area (Å²) in [5, 5.41) is 9.92. The van der Waals surface area contributed by atoms with Gasteiger partial charge in [0, 0.05) is 44.2 Å². The molecule has 30 heavy (non-hydrogen) atoms. The minimum absolute atomic E-state index is 0.240. The van der Waals surface area contributed by atoms with Gasteiger partial charge in [0.2, 0.25) is 5.78 Å². The lowest BCUT2D eigenvalue weighted by Crippen LogP contribution is -2.09. The molecule has 0 saturated carbocycles. The third-order valence-corrected chi connectivity index (χ3v) is 4.57. The molecule has 0 radical (unpaired) electrons. The highest BCUT2D eigenvalue weighted by Gasteiger charge is 2.17. The first-order chi connectivity index (χ1) is 14.5. The van der Waals surface area contributed by atoms with Crippen LogP contribution in [0.5, 0.6) is 0 Å². The lowest BCUT2D eigenvalue weighted by atomic mass is 9.89. The Labute approximate surface area is 172 Å². The number of halogens is 2. The molecule has 0 unspecified atom stereocenters. The topological polar surface area (TPSA) is 80.4 Å². The number of pyridine rings is 1. The van der Waals surface area contributed by atoms with Crippen LogP contribution < -0.4 is 0 Å². The average molecular weight is 410 g/mol. The fourth-order valence-electron chi connectivity index (χ4n) is 3.13. The van der Waals surface area contributed by atoms with E-state index in [2.05, 4.69) is 15.0 Å². The highest BCUT2D eigenvalue weighted by atomic mass is 19.1. The summed E-state index contributed by atoms with van der Waals surface area (Å²) in [6.07, 6.45) is 8.78. The summed E-state index contributed by atoms with van der Waals surface area (Å²) in [5.41, 5.74) is 1.48. The highest BCUT2D eigenvalue weighted by molar-refractivity contribution is 6.35. The van der Waals surface area contributed by atoms with E-state index in [9.17, 15) is 18.7 Å². The van der Waals surface area contributed by atoms with Gasteiger partial charge in [0.1, 0.15) is 17.5 Å². The Morgan fingerprint density at radius 3 is 2.67 bits per heavy atom. The van der Waals surface area contributed by atoms with Crippen LogP contribution in [0, 0.1) is 11.6 Å². The van der Waals surface area contributed by atoms with Gasteiger partial charge in [-0.05, 0) is 35.7 Å². The van der Waals surface area contributed by atoms with Gasteiger partial charge in [-0.2, -0.15) is 0 Å². The molecule has 3 aromatic rings. The Kier molecular flexibility index (Phi) is 6.79. The first kappa shape index (κ1) is 21.0. The van der Waals surface area contributed by atoms with Crippen molar-refractivity contribution in [3.8, 4) is 0 Å². The van der Waals surface area contributed by atoms with Gasteiger partial charge in [-0.25, -0.2) is 13.8 Å². The largest absolute Gasteiger partial charge is 0.504 e. The van der Waals surface area contributed by atoms with Crippen LogP contribution in [0.2, 0.25) is 0 Å². The van der Waals surface area contributed by atoms with E-state index in [0.717, 1.165) is 18.0 Å². The Balaban J connectivity index is 1.85. The predicted molar refractivity (Wildman–Crippen MR) is 109 cm³/mol. The van der Waals surface area contributed by atoms with Crippen molar-refractivity contribution in [1.29, 1.82) is 0 Å². The molecule has 8 heteroatoms. The second-order valence-electron chi connectivity index (χ2n) is 6.59. The summed E-state index contributed by atoms with van der Waals surface area (Å²) >= 11 is 0. The third kappa shape index (κ3) is 5.22. The SMILES string of the molecule is C/N=C\C(=O)/C(O)=C/c1nccn1CC[C@H](c1ccc(F)cc1)c1cncc(F)c1. The molecule has 1 aromatic carbocycles. The molecule has 2 aromatic heterocycles. The molecule has 0 aliphatic rings. The number of imidazole rings is 1.